The zero-order valence-corrected chi connectivity index (χ0v) is 18.4. The number of ketones is 3. The largest absolute Gasteiger partial charge is 0.496 e. The number of rotatable bonds is 5. The Morgan fingerprint density at radius 1 is 0.800 bits per heavy atom. The molecule has 0 saturated heterocycles. The lowest BCUT2D eigenvalue weighted by Gasteiger charge is -2.25. The van der Waals surface area contributed by atoms with Gasteiger partial charge in [0.05, 0.1) is 32.5 Å². The first-order valence-corrected chi connectivity index (χ1v) is 9.45. The number of ether oxygens (including phenoxy) is 4. The van der Waals surface area contributed by atoms with E-state index in [0.717, 1.165) is 6.92 Å². The van der Waals surface area contributed by atoms with Crippen molar-refractivity contribution in [2.45, 2.75) is 13.8 Å². The Morgan fingerprint density at radius 3 is 1.80 bits per heavy atom. The van der Waals surface area contributed by atoms with Crippen LogP contribution < -0.4 is 18.9 Å². The molecule has 0 spiro atoms. The van der Waals surface area contributed by atoms with E-state index in [1.165, 1.54) is 40.4 Å². The number of fused-ring (bicyclic) bond motifs is 2. The summed E-state index contributed by atoms with van der Waals surface area (Å²) in [6.07, 6.45) is 0. The van der Waals surface area contributed by atoms with Gasteiger partial charge in [-0.1, -0.05) is 0 Å². The maximum absolute atomic E-state index is 13.5. The minimum absolute atomic E-state index is 0.0122. The Kier molecular flexibility index (Phi) is 5.67. The molecule has 0 amide bonds. The summed E-state index contributed by atoms with van der Waals surface area (Å²) >= 11 is 3.31. The molecule has 0 bridgehead atoms. The first kappa shape index (κ1) is 21.5. The van der Waals surface area contributed by atoms with Crippen molar-refractivity contribution in [3.8, 4) is 23.0 Å². The third-order valence-corrected chi connectivity index (χ3v) is 5.37. The Labute approximate surface area is 180 Å². The predicted molar refractivity (Wildman–Crippen MR) is 108 cm³/mol. The molecule has 0 aliphatic heterocycles. The van der Waals surface area contributed by atoms with Crippen molar-refractivity contribution in [3.05, 3.63) is 44.4 Å². The number of hydrogen-bond donors (Lipinski definition) is 0. The number of halogens is 1. The average Bonchev–Trinajstić information content (AvgIpc) is 2.69. The molecule has 0 atom stereocenters. The van der Waals surface area contributed by atoms with Crippen molar-refractivity contribution < 1.29 is 38.1 Å². The molecule has 0 unspecified atom stereocenters. The standard InChI is InChI=1S/C21H17BrO8/c1-8(23)14-12(27-3)6-10-15(20(14)30-9(2)24)19(26)16-11(18(10)25)7-13(28-4)17(22)21(16)29-5/h6-7H,1-5H3. The van der Waals surface area contributed by atoms with Crippen LogP contribution in [0.5, 0.6) is 23.0 Å². The lowest BCUT2D eigenvalue weighted by Crippen LogP contribution is -2.25. The second kappa shape index (κ2) is 7.91. The van der Waals surface area contributed by atoms with Crippen LogP contribution in [0.15, 0.2) is 16.6 Å². The lowest BCUT2D eigenvalue weighted by atomic mass is 9.81. The van der Waals surface area contributed by atoms with Crippen molar-refractivity contribution in [1.82, 2.24) is 0 Å². The fourth-order valence-electron chi connectivity index (χ4n) is 3.40. The molecule has 0 heterocycles. The van der Waals surface area contributed by atoms with E-state index in [1.807, 2.05) is 0 Å². The minimum atomic E-state index is -0.762. The third-order valence-electron chi connectivity index (χ3n) is 4.62. The van der Waals surface area contributed by atoms with E-state index < -0.39 is 23.3 Å². The van der Waals surface area contributed by atoms with Crippen LogP contribution in [0.25, 0.3) is 0 Å². The van der Waals surface area contributed by atoms with Crippen LogP contribution >= 0.6 is 15.9 Å². The van der Waals surface area contributed by atoms with Crippen molar-refractivity contribution in [2.24, 2.45) is 0 Å². The fraction of sp³-hybridized carbons (Fsp3) is 0.238. The monoisotopic (exact) mass is 476 g/mol. The average molecular weight is 477 g/mol. The van der Waals surface area contributed by atoms with Crippen LogP contribution in [0, 0.1) is 0 Å². The Balaban J connectivity index is 2.47. The number of carbonyl (C=O) groups is 4. The van der Waals surface area contributed by atoms with Gasteiger partial charge in [-0.05, 0) is 35.0 Å². The molecule has 3 rings (SSSR count). The number of benzene rings is 2. The lowest BCUT2D eigenvalue weighted by molar-refractivity contribution is -0.131. The van der Waals surface area contributed by atoms with Gasteiger partial charge in [-0.2, -0.15) is 0 Å². The first-order valence-electron chi connectivity index (χ1n) is 8.66. The van der Waals surface area contributed by atoms with Crippen LogP contribution in [-0.4, -0.2) is 44.6 Å². The summed E-state index contributed by atoms with van der Waals surface area (Å²) in [5.41, 5.74) is -0.352. The van der Waals surface area contributed by atoms with E-state index >= 15 is 0 Å². The summed E-state index contributed by atoms with van der Waals surface area (Å²) in [7, 11) is 4.06. The van der Waals surface area contributed by atoms with Crippen molar-refractivity contribution in [3.63, 3.8) is 0 Å². The number of hydrogen-bond acceptors (Lipinski definition) is 8. The zero-order valence-electron chi connectivity index (χ0n) is 16.8. The highest BCUT2D eigenvalue weighted by Crippen LogP contribution is 2.47. The molecule has 0 saturated carbocycles. The van der Waals surface area contributed by atoms with E-state index in [2.05, 4.69) is 15.9 Å². The Bertz CT molecular complexity index is 1130. The summed E-state index contributed by atoms with van der Waals surface area (Å²) in [6.45, 7) is 2.36. The van der Waals surface area contributed by atoms with Gasteiger partial charge in [0.15, 0.2) is 17.3 Å². The summed E-state index contributed by atoms with van der Waals surface area (Å²) in [4.78, 5) is 50.9. The Hall–Kier alpha value is -3.20. The highest BCUT2D eigenvalue weighted by Gasteiger charge is 2.40. The van der Waals surface area contributed by atoms with Gasteiger partial charge in [0.2, 0.25) is 5.78 Å². The van der Waals surface area contributed by atoms with Crippen molar-refractivity contribution in [2.75, 3.05) is 21.3 Å². The molecule has 2 aromatic carbocycles. The molecular formula is C21H17BrO8. The quantitative estimate of drug-likeness (QED) is 0.313. The molecule has 0 aromatic heterocycles. The third kappa shape index (κ3) is 3.15. The molecule has 0 N–H and O–H groups in total. The second-order valence-corrected chi connectivity index (χ2v) is 7.16. The van der Waals surface area contributed by atoms with Gasteiger partial charge in [-0.3, -0.25) is 19.2 Å². The number of methoxy groups -OCH3 is 3. The molecule has 0 fully saturated rings. The van der Waals surface area contributed by atoms with Crippen LogP contribution in [0.2, 0.25) is 0 Å². The van der Waals surface area contributed by atoms with E-state index in [9.17, 15) is 19.2 Å². The SMILES string of the molecule is COc1cc2c(c(OC)c1Br)C(=O)c1c(cc(OC)c(C(C)=O)c1OC(C)=O)C2=O. The molecule has 2 aromatic rings. The summed E-state index contributed by atoms with van der Waals surface area (Å²) in [5, 5.41) is 0. The highest BCUT2D eigenvalue weighted by molar-refractivity contribution is 9.10. The molecule has 1 aliphatic rings. The molecule has 9 heteroatoms. The van der Waals surface area contributed by atoms with Crippen molar-refractivity contribution >= 4 is 39.2 Å². The summed E-state index contributed by atoms with van der Waals surface area (Å²) in [6, 6.07) is 2.71. The highest BCUT2D eigenvalue weighted by atomic mass is 79.9. The molecule has 8 nitrogen and oxygen atoms in total. The topological polar surface area (TPSA) is 105 Å². The minimum Gasteiger partial charge on any atom is -0.496 e. The van der Waals surface area contributed by atoms with Gasteiger partial charge in [-0.15, -0.1) is 0 Å². The number of Topliss-reactive ketones (excluding diaryl/α,β-unsaturated/α-hetero) is 1. The molecule has 156 valence electrons. The molecule has 0 radical (unpaired) electrons. The van der Waals surface area contributed by atoms with Crippen LogP contribution in [0.4, 0.5) is 0 Å². The van der Waals surface area contributed by atoms with Gasteiger partial charge in [0.25, 0.3) is 0 Å². The molecule has 1 aliphatic carbocycles. The van der Waals surface area contributed by atoms with Crippen LogP contribution in [0.3, 0.4) is 0 Å². The van der Waals surface area contributed by atoms with Gasteiger partial charge in [0.1, 0.15) is 27.3 Å². The van der Waals surface area contributed by atoms with Gasteiger partial charge in [0, 0.05) is 18.1 Å². The van der Waals surface area contributed by atoms with Gasteiger partial charge >= 0.3 is 5.97 Å². The number of carbonyl (C=O) groups excluding carboxylic acids is 4. The van der Waals surface area contributed by atoms with E-state index in [4.69, 9.17) is 18.9 Å². The zero-order chi connectivity index (χ0) is 22.3. The van der Waals surface area contributed by atoms with Gasteiger partial charge in [-0.25, -0.2) is 0 Å². The van der Waals surface area contributed by atoms with Crippen LogP contribution in [-0.2, 0) is 4.79 Å². The van der Waals surface area contributed by atoms with Crippen molar-refractivity contribution in [1.29, 1.82) is 0 Å². The normalized spacial score (nSPS) is 12.1. The Morgan fingerprint density at radius 2 is 1.33 bits per heavy atom. The predicted octanol–water partition coefficient (Wildman–Crippen LogP) is 3.38. The first-order chi connectivity index (χ1) is 14.2. The van der Waals surface area contributed by atoms with E-state index in [1.54, 1.807) is 0 Å². The summed E-state index contributed by atoms with van der Waals surface area (Å²) < 4.78 is 21.5. The molecule has 30 heavy (non-hydrogen) atoms. The number of esters is 1. The second-order valence-electron chi connectivity index (χ2n) is 6.36. The van der Waals surface area contributed by atoms with Crippen LogP contribution in [0.1, 0.15) is 56.0 Å². The van der Waals surface area contributed by atoms with Gasteiger partial charge < -0.3 is 18.9 Å². The molecular weight excluding hydrogens is 460 g/mol. The summed E-state index contributed by atoms with van der Waals surface area (Å²) in [5.74, 6) is -2.36. The maximum Gasteiger partial charge on any atom is 0.308 e. The fourth-order valence-corrected chi connectivity index (χ4v) is 4.04. The smallest absolute Gasteiger partial charge is 0.308 e. The maximum atomic E-state index is 13.5. The van der Waals surface area contributed by atoms with E-state index in [0.29, 0.717) is 10.2 Å². The van der Waals surface area contributed by atoms with E-state index in [-0.39, 0.29) is 45.1 Å².